The van der Waals surface area contributed by atoms with E-state index in [9.17, 15) is 9.18 Å². The van der Waals surface area contributed by atoms with Crippen LogP contribution in [0.25, 0.3) is 11.1 Å². The molecule has 1 fully saturated rings. The first-order chi connectivity index (χ1) is 11.2. The maximum Gasteiger partial charge on any atom is 0.132 e. The summed E-state index contributed by atoms with van der Waals surface area (Å²) in [5.74, 6) is 1.05. The summed E-state index contributed by atoms with van der Waals surface area (Å²) in [5, 5.41) is 0. The van der Waals surface area contributed by atoms with Crippen LogP contribution in [0.15, 0.2) is 48.5 Å². The Balaban J connectivity index is 1.47. The summed E-state index contributed by atoms with van der Waals surface area (Å²) in [6, 6.07) is 14.8. The van der Waals surface area contributed by atoms with Gasteiger partial charge in [-0.05, 0) is 42.4 Å². The van der Waals surface area contributed by atoms with Gasteiger partial charge in [0.1, 0.15) is 11.6 Å². The van der Waals surface area contributed by atoms with Gasteiger partial charge in [-0.3, -0.25) is 4.79 Å². The van der Waals surface area contributed by atoms with Gasteiger partial charge in [0.15, 0.2) is 0 Å². The third-order valence-corrected chi connectivity index (χ3v) is 4.59. The molecule has 0 aliphatic heterocycles. The van der Waals surface area contributed by atoms with Gasteiger partial charge >= 0.3 is 0 Å². The SMILES string of the molecule is O=C(CCCc1ccc(-c2ccccc2F)cc1)CCC1CC1. The molecule has 1 saturated carbocycles. The highest BCUT2D eigenvalue weighted by Gasteiger charge is 2.21. The molecule has 0 N–H and O–H groups in total. The average molecular weight is 310 g/mol. The predicted molar refractivity (Wildman–Crippen MR) is 91.7 cm³/mol. The lowest BCUT2D eigenvalue weighted by Gasteiger charge is -2.06. The first-order valence-electron chi connectivity index (χ1n) is 8.58. The van der Waals surface area contributed by atoms with Crippen molar-refractivity contribution in [2.24, 2.45) is 5.92 Å². The number of hydrogen-bond acceptors (Lipinski definition) is 1. The van der Waals surface area contributed by atoms with Crippen LogP contribution < -0.4 is 0 Å². The summed E-state index contributed by atoms with van der Waals surface area (Å²) in [5.41, 5.74) is 2.74. The standard InChI is InChI=1S/C21H23FO/c22-21-7-2-1-6-20(21)18-13-10-16(11-14-18)4-3-5-19(23)15-12-17-8-9-17/h1-2,6-7,10-11,13-14,17H,3-5,8-9,12,15H2. The molecule has 2 heteroatoms. The van der Waals surface area contributed by atoms with Gasteiger partial charge < -0.3 is 0 Å². The normalized spacial score (nSPS) is 14.0. The van der Waals surface area contributed by atoms with Crippen LogP contribution >= 0.6 is 0 Å². The fourth-order valence-electron chi connectivity index (χ4n) is 2.93. The number of carbonyl (C=O) groups excluding carboxylic acids is 1. The predicted octanol–water partition coefficient (Wildman–Crippen LogP) is 5.57. The van der Waals surface area contributed by atoms with Crippen LogP contribution in [-0.4, -0.2) is 5.78 Å². The molecule has 0 aromatic heterocycles. The summed E-state index contributed by atoms with van der Waals surface area (Å²) >= 11 is 0. The Labute approximate surface area is 137 Å². The summed E-state index contributed by atoms with van der Waals surface area (Å²) in [4.78, 5) is 11.8. The molecule has 2 aromatic carbocycles. The van der Waals surface area contributed by atoms with Crippen molar-refractivity contribution >= 4 is 5.78 Å². The van der Waals surface area contributed by atoms with Crippen LogP contribution in [0.3, 0.4) is 0 Å². The molecule has 2 aromatic rings. The number of Topliss-reactive ketones (excluding diaryl/α,β-unsaturated/α-hetero) is 1. The lowest BCUT2D eigenvalue weighted by atomic mass is 10.00. The minimum absolute atomic E-state index is 0.193. The van der Waals surface area contributed by atoms with Crippen LogP contribution in [0.1, 0.15) is 44.1 Å². The van der Waals surface area contributed by atoms with Crippen molar-refractivity contribution in [2.45, 2.75) is 44.9 Å². The van der Waals surface area contributed by atoms with E-state index in [-0.39, 0.29) is 5.82 Å². The molecule has 1 aliphatic carbocycles. The Morgan fingerprint density at radius 2 is 1.74 bits per heavy atom. The van der Waals surface area contributed by atoms with Crippen LogP contribution in [0.2, 0.25) is 0 Å². The van der Waals surface area contributed by atoms with Gasteiger partial charge in [0.25, 0.3) is 0 Å². The molecular formula is C21H23FO. The number of carbonyl (C=O) groups is 1. The van der Waals surface area contributed by atoms with E-state index in [1.165, 1.54) is 24.5 Å². The highest BCUT2D eigenvalue weighted by molar-refractivity contribution is 5.78. The third kappa shape index (κ3) is 4.75. The van der Waals surface area contributed by atoms with E-state index in [4.69, 9.17) is 0 Å². The quantitative estimate of drug-likeness (QED) is 0.622. The second-order valence-corrected chi connectivity index (χ2v) is 6.55. The molecule has 0 saturated heterocycles. The van der Waals surface area contributed by atoms with Gasteiger partial charge in [0, 0.05) is 18.4 Å². The second kappa shape index (κ2) is 7.54. The topological polar surface area (TPSA) is 17.1 Å². The number of benzene rings is 2. The zero-order valence-corrected chi connectivity index (χ0v) is 13.4. The minimum atomic E-state index is -0.193. The van der Waals surface area contributed by atoms with Crippen LogP contribution in [-0.2, 0) is 11.2 Å². The molecule has 0 unspecified atom stereocenters. The van der Waals surface area contributed by atoms with Crippen molar-refractivity contribution in [3.8, 4) is 11.1 Å². The third-order valence-electron chi connectivity index (χ3n) is 4.59. The maximum absolute atomic E-state index is 13.8. The molecule has 0 spiro atoms. The molecule has 0 amide bonds. The van der Waals surface area contributed by atoms with E-state index in [1.807, 2.05) is 30.3 Å². The average Bonchev–Trinajstić information content (AvgIpc) is 3.39. The van der Waals surface area contributed by atoms with E-state index in [1.54, 1.807) is 12.1 Å². The highest BCUT2D eigenvalue weighted by Crippen LogP contribution is 2.33. The zero-order valence-electron chi connectivity index (χ0n) is 13.4. The molecule has 1 nitrogen and oxygen atoms in total. The van der Waals surface area contributed by atoms with Crippen molar-refractivity contribution in [1.82, 2.24) is 0 Å². The Morgan fingerprint density at radius 3 is 2.43 bits per heavy atom. The fourth-order valence-corrected chi connectivity index (χ4v) is 2.93. The smallest absolute Gasteiger partial charge is 0.132 e. The van der Waals surface area contributed by atoms with Gasteiger partial charge in [-0.15, -0.1) is 0 Å². The summed E-state index contributed by atoms with van der Waals surface area (Å²) in [7, 11) is 0. The van der Waals surface area contributed by atoms with E-state index in [0.29, 0.717) is 17.8 Å². The monoisotopic (exact) mass is 310 g/mol. The van der Waals surface area contributed by atoms with Gasteiger partial charge in [0.2, 0.25) is 0 Å². The highest BCUT2D eigenvalue weighted by atomic mass is 19.1. The molecule has 0 atom stereocenters. The maximum atomic E-state index is 13.8. The summed E-state index contributed by atoms with van der Waals surface area (Å²) in [6.45, 7) is 0. The van der Waals surface area contributed by atoms with Crippen molar-refractivity contribution in [3.05, 3.63) is 59.9 Å². The molecule has 0 heterocycles. The van der Waals surface area contributed by atoms with E-state index < -0.39 is 0 Å². The molecule has 0 bridgehead atoms. The Kier molecular flexibility index (Phi) is 5.22. The van der Waals surface area contributed by atoms with Gasteiger partial charge in [-0.25, -0.2) is 4.39 Å². The van der Waals surface area contributed by atoms with E-state index in [0.717, 1.165) is 37.2 Å². The van der Waals surface area contributed by atoms with Crippen LogP contribution in [0, 0.1) is 11.7 Å². The van der Waals surface area contributed by atoms with E-state index in [2.05, 4.69) is 0 Å². The lowest BCUT2D eigenvalue weighted by molar-refractivity contribution is -0.119. The van der Waals surface area contributed by atoms with Crippen molar-refractivity contribution in [1.29, 1.82) is 0 Å². The summed E-state index contributed by atoms with van der Waals surface area (Å²) in [6.07, 6.45) is 6.99. The van der Waals surface area contributed by atoms with Crippen LogP contribution in [0.5, 0.6) is 0 Å². The molecule has 3 rings (SSSR count). The lowest BCUT2D eigenvalue weighted by Crippen LogP contribution is -1.99. The molecular weight excluding hydrogens is 287 g/mol. The number of rotatable bonds is 8. The molecule has 23 heavy (non-hydrogen) atoms. The van der Waals surface area contributed by atoms with Crippen molar-refractivity contribution in [2.75, 3.05) is 0 Å². The number of aryl methyl sites for hydroxylation is 1. The second-order valence-electron chi connectivity index (χ2n) is 6.55. The van der Waals surface area contributed by atoms with Crippen molar-refractivity contribution < 1.29 is 9.18 Å². The Bertz CT molecular complexity index is 656. The fraction of sp³-hybridized carbons (Fsp3) is 0.381. The largest absolute Gasteiger partial charge is 0.300 e. The Morgan fingerprint density at radius 1 is 1.00 bits per heavy atom. The number of halogens is 1. The minimum Gasteiger partial charge on any atom is -0.300 e. The zero-order chi connectivity index (χ0) is 16.1. The molecule has 0 radical (unpaired) electrons. The Hall–Kier alpha value is -1.96. The van der Waals surface area contributed by atoms with E-state index >= 15 is 0 Å². The first kappa shape index (κ1) is 15.9. The molecule has 1 aliphatic rings. The van der Waals surface area contributed by atoms with Crippen molar-refractivity contribution in [3.63, 3.8) is 0 Å². The first-order valence-corrected chi connectivity index (χ1v) is 8.58. The van der Waals surface area contributed by atoms with Gasteiger partial charge in [0.05, 0.1) is 0 Å². The van der Waals surface area contributed by atoms with Crippen LogP contribution in [0.4, 0.5) is 4.39 Å². The molecule has 120 valence electrons. The number of ketones is 1. The van der Waals surface area contributed by atoms with Gasteiger partial charge in [-0.1, -0.05) is 55.3 Å². The number of hydrogen-bond donors (Lipinski definition) is 0. The van der Waals surface area contributed by atoms with Gasteiger partial charge in [-0.2, -0.15) is 0 Å². The summed E-state index contributed by atoms with van der Waals surface area (Å²) < 4.78 is 13.8.